The molecule has 0 rings (SSSR count). The van der Waals surface area contributed by atoms with Crippen molar-refractivity contribution < 1.29 is 24.0 Å². The Morgan fingerprint density at radius 3 is 1.92 bits per heavy atom. The largest absolute Gasteiger partial charge is 0.698 e. The van der Waals surface area contributed by atoms with Gasteiger partial charge in [0, 0.05) is 4.57 Å². The van der Waals surface area contributed by atoms with Crippen LogP contribution >= 0.6 is 8.25 Å². The van der Waals surface area contributed by atoms with Crippen LogP contribution in [0.4, 0.5) is 0 Å². The number of nitrogens with zero attached hydrogens (tertiary/aromatic N) is 2. The van der Waals surface area contributed by atoms with E-state index in [9.17, 15) is 4.57 Å². The lowest BCUT2D eigenvalue weighted by Crippen LogP contribution is -1.92. The van der Waals surface area contributed by atoms with Crippen LogP contribution < -0.4 is 0 Å². The Hall–Kier alpha value is -1.04. The highest BCUT2D eigenvalue weighted by Gasteiger charge is 2.18. The zero-order chi connectivity index (χ0) is 9.23. The second-order valence-corrected chi connectivity index (χ2v) is 2.37. The first kappa shape index (κ1) is 11.0. The lowest BCUT2D eigenvalue weighted by molar-refractivity contribution is 0.266. The van der Waals surface area contributed by atoms with E-state index < -0.39 is 8.25 Å². The molecule has 0 fully saturated rings. The fourth-order valence-electron chi connectivity index (χ4n) is 0.292. The summed E-state index contributed by atoms with van der Waals surface area (Å²) < 4.78 is 19.5. The normalized spacial score (nSPS) is 12.8. The number of hydrogen-bond donors (Lipinski definition) is 2. The van der Waals surface area contributed by atoms with Crippen LogP contribution in [0.25, 0.3) is 0 Å². The second-order valence-electron chi connectivity index (χ2n) is 1.41. The molecule has 0 aromatic carbocycles. The van der Waals surface area contributed by atoms with Gasteiger partial charge in [0.15, 0.2) is 0 Å². The lowest BCUT2D eigenvalue weighted by atomic mass is 10.8. The van der Waals surface area contributed by atoms with Gasteiger partial charge in [0.05, 0.1) is 12.4 Å². The molecule has 0 aliphatic rings. The molecule has 0 aromatic rings. The van der Waals surface area contributed by atoms with E-state index >= 15 is 0 Å². The molecule has 2 N–H and O–H groups in total. The van der Waals surface area contributed by atoms with Crippen LogP contribution in [0.15, 0.2) is 10.3 Å². The van der Waals surface area contributed by atoms with E-state index in [0.29, 0.717) is 0 Å². The van der Waals surface area contributed by atoms with Gasteiger partial charge in [0.1, 0.15) is 13.2 Å². The molecule has 8 heteroatoms. The summed E-state index contributed by atoms with van der Waals surface area (Å²) in [5.41, 5.74) is 0. The van der Waals surface area contributed by atoms with Crippen molar-refractivity contribution in [3.63, 3.8) is 0 Å². The highest BCUT2D eigenvalue weighted by Crippen LogP contribution is 2.21. The molecule has 0 aliphatic heterocycles. The summed E-state index contributed by atoms with van der Waals surface area (Å²) in [6.07, 6.45) is 2.02. The van der Waals surface area contributed by atoms with E-state index in [4.69, 9.17) is 10.4 Å². The standard InChI is InChI=1S/C4H7N2O5P/c7-5-1-3-10-12(9)11-4-2-6-8/h1-2H,3-4H2,(H-,7,8)/p+1. The first-order valence-electron chi connectivity index (χ1n) is 2.86. The molecule has 7 nitrogen and oxygen atoms in total. The van der Waals surface area contributed by atoms with Crippen molar-refractivity contribution in [2.75, 3.05) is 13.2 Å². The minimum Gasteiger partial charge on any atom is -0.411 e. The zero-order valence-electron chi connectivity index (χ0n) is 6.03. The van der Waals surface area contributed by atoms with Crippen molar-refractivity contribution in [2.45, 2.75) is 0 Å². The van der Waals surface area contributed by atoms with E-state index in [-0.39, 0.29) is 13.2 Å². The molecule has 0 aromatic heterocycles. The molecule has 12 heavy (non-hydrogen) atoms. The zero-order valence-corrected chi connectivity index (χ0v) is 6.92. The fourth-order valence-corrected chi connectivity index (χ4v) is 0.744. The van der Waals surface area contributed by atoms with Crippen LogP contribution in [0.1, 0.15) is 0 Å². The van der Waals surface area contributed by atoms with Gasteiger partial charge >= 0.3 is 8.25 Å². The van der Waals surface area contributed by atoms with E-state index in [1.807, 2.05) is 0 Å². The monoisotopic (exact) mass is 195 g/mol. The van der Waals surface area contributed by atoms with Gasteiger partial charge in [-0.1, -0.05) is 10.3 Å². The van der Waals surface area contributed by atoms with E-state index in [0.717, 1.165) is 12.4 Å². The molecule has 68 valence electrons. The highest BCUT2D eigenvalue weighted by atomic mass is 31.1. The molecular weight excluding hydrogens is 187 g/mol. The fraction of sp³-hybridized carbons (Fsp3) is 0.500. The van der Waals surface area contributed by atoms with Crippen LogP contribution in [0.3, 0.4) is 0 Å². The summed E-state index contributed by atoms with van der Waals surface area (Å²) in [5.74, 6) is 0. The predicted molar refractivity (Wildman–Crippen MR) is 40.1 cm³/mol. The van der Waals surface area contributed by atoms with Crippen LogP contribution in [0.5, 0.6) is 0 Å². The van der Waals surface area contributed by atoms with Gasteiger partial charge in [-0.25, -0.2) is 0 Å². The third-order valence-corrected chi connectivity index (χ3v) is 1.39. The van der Waals surface area contributed by atoms with Crippen LogP contribution in [-0.4, -0.2) is 36.1 Å². The van der Waals surface area contributed by atoms with E-state index in [2.05, 4.69) is 19.4 Å². The Kier molecular flexibility index (Phi) is 7.36. The van der Waals surface area contributed by atoms with Crippen LogP contribution in [-0.2, 0) is 13.6 Å². The molecule has 0 amide bonds. The van der Waals surface area contributed by atoms with Gasteiger partial charge in [-0.3, -0.25) is 0 Å². The summed E-state index contributed by atoms with van der Waals surface area (Å²) in [6, 6.07) is 0. The van der Waals surface area contributed by atoms with Gasteiger partial charge < -0.3 is 10.4 Å². The van der Waals surface area contributed by atoms with Gasteiger partial charge in [-0.05, 0) is 0 Å². The average Bonchev–Trinajstić information content (AvgIpc) is 2.06. The third-order valence-electron chi connectivity index (χ3n) is 0.672. The van der Waals surface area contributed by atoms with Crippen molar-refractivity contribution in [1.82, 2.24) is 0 Å². The molecule has 0 heterocycles. The molecule has 0 unspecified atom stereocenters. The molecular formula is C4H8N2O5P+. The summed E-state index contributed by atoms with van der Waals surface area (Å²) >= 11 is 0. The second kappa shape index (κ2) is 8.06. The summed E-state index contributed by atoms with van der Waals surface area (Å²) in [6.45, 7) is -0.218. The third kappa shape index (κ3) is 7.07. The van der Waals surface area contributed by atoms with Gasteiger partial charge in [-0.15, -0.1) is 9.05 Å². The van der Waals surface area contributed by atoms with Gasteiger partial charge in [0.2, 0.25) is 0 Å². The molecule has 0 spiro atoms. The Balaban J connectivity index is 3.33. The lowest BCUT2D eigenvalue weighted by Gasteiger charge is -1.81. The topological polar surface area (TPSA) is 101 Å². The SMILES string of the molecule is O=[P+](OCC=NO)OCC=NO. The molecule has 0 saturated carbocycles. The van der Waals surface area contributed by atoms with Crippen LogP contribution in [0.2, 0.25) is 0 Å². The maximum absolute atomic E-state index is 10.6. The minimum atomic E-state index is -2.26. The highest BCUT2D eigenvalue weighted by molar-refractivity contribution is 7.33. The molecule has 0 bridgehead atoms. The van der Waals surface area contributed by atoms with Crippen molar-refractivity contribution in [3.05, 3.63) is 0 Å². The maximum atomic E-state index is 10.6. The first-order valence-corrected chi connectivity index (χ1v) is 3.95. The summed E-state index contributed by atoms with van der Waals surface area (Å²) in [4.78, 5) is 0. The summed E-state index contributed by atoms with van der Waals surface area (Å²) in [5, 5.41) is 21.0. The number of hydrogen-bond acceptors (Lipinski definition) is 7. The smallest absolute Gasteiger partial charge is 0.411 e. The van der Waals surface area contributed by atoms with Crippen molar-refractivity contribution in [2.24, 2.45) is 10.3 Å². The molecule has 0 aliphatic carbocycles. The van der Waals surface area contributed by atoms with E-state index in [1.165, 1.54) is 0 Å². The van der Waals surface area contributed by atoms with Crippen molar-refractivity contribution >= 4 is 20.7 Å². The average molecular weight is 195 g/mol. The maximum Gasteiger partial charge on any atom is 0.698 e. The molecule has 0 saturated heterocycles. The quantitative estimate of drug-likeness (QED) is 0.279. The van der Waals surface area contributed by atoms with Crippen molar-refractivity contribution in [3.8, 4) is 0 Å². The minimum absolute atomic E-state index is 0.109. The van der Waals surface area contributed by atoms with Gasteiger partial charge in [0.25, 0.3) is 0 Å². The Labute approximate surface area is 69.2 Å². The summed E-state index contributed by atoms with van der Waals surface area (Å²) in [7, 11) is -2.26. The van der Waals surface area contributed by atoms with E-state index in [1.54, 1.807) is 0 Å². The number of oxime groups is 2. The molecule has 0 atom stereocenters. The number of rotatable bonds is 6. The first-order chi connectivity index (χ1) is 5.81. The Bertz CT molecular complexity index is 164. The molecule has 0 radical (unpaired) electrons. The Morgan fingerprint density at radius 2 is 1.58 bits per heavy atom. The van der Waals surface area contributed by atoms with Crippen LogP contribution in [0, 0.1) is 0 Å². The van der Waals surface area contributed by atoms with Gasteiger partial charge in [-0.2, -0.15) is 0 Å². The van der Waals surface area contributed by atoms with Crippen molar-refractivity contribution in [1.29, 1.82) is 0 Å². The predicted octanol–water partition coefficient (Wildman–Crippen LogP) is 0.597. The Morgan fingerprint density at radius 1 is 1.17 bits per heavy atom.